The Balaban J connectivity index is 2.18. The van der Waals surface area contributed by atoms with E-state index < -0.39 is 12.0 Å². The van der Waals surface area contributed by atoms with Crippen LogP contribution in [0.3, 0.4) is 0 Å². The maximum atomic E-state index is 13.3. The Morgan fingerprint density at radius 2 is 2.00 bits per heavy atom. The van der Waals surface area contributed by atoms with Gasteiger partial charge in [0.05, 0.1) is 11.0 Å². The summed E-state index contributed by atoms with van der Waals surface area (Å²) in [6.07, 6.45) is -3.31. The van der Waals surface area contributed by atoms with Gasteiger partial charge in [0, 0.05) is 11.6 Å². The number of thioether (sulfide) groups is 1. The molecular formula is C14H12ClF3N4OS. The van der Waals surface area contributed by atoms with E-state index in [4.69, 9.17) is 16.7 Å². The lowest BCUT2D eigenvalue weighted by Crippen LogP contribution is -2.11. The first-order chi connectivity index (χ1) is 11.4. The quantitative estimate of drug-likeness (QED) is 0.542. The van der Waals surface area contributed by atoms with Crippen molar-refractivity contribution < 1.29 is 18.3 Å². The van der Waals surface area contributed by atoms with Crippen LogP contribution in [0.25, 0.3) is 16.7 Å². The number of nitrogens with zero attached hydrogens (tertiary/aromatic N) is 4. The number of rotatable bonds is 5. The molecule has 2 aromatic heterocycles. The Kier molecular flexibility index (Phi) is 4.84. The number of benzene rings is 1. The van der Waals surface area contributed by atoms with Crippen molar-refractivity contribution in [2.45, 2.75) is 24.0 Å². The van der Waals surface area contributed by atoms with E-state index in [1.165, 1.54) is 17.8 Å². The molecule has 5 nitrogen and oxygen atoms in total. The first kappa shape index (κ1) is 17.2. The monoisotopic (exact) mass is 376 g/mol. The van der Waals surface area contributed by atoms with Gasteiger partial charge in [-0.25, -0.2) is 4.98 Å². The number of halogens is 4. The molecule has 0 aliphatic heterocycles. The number of fused-ring (bicyclic) bond motifs is 3. The summed E-state index contributed by atoms with van der Waals surface area (Å²) in [4.78, 5) is 4.39. The fourth-order valence-corrected chi connectivity index (χ4v) is 3.38. The molecule has 0 unspecified atom stereocenters. The lowest BCUT2D eigenvalue weighted by Gasteiger charge is -2.10. The van der Waals surface area contributed by atoms with Crippen molar-refractivity contribution >= 4 is 40.0 Å². The zero-order chi connectivity index (χ0) is 17.3. The molecule has 3 rings (SSSR count). The molecule has 1 N–H and O–H groups in total. The average Bonchev–Trinajstić information content (AvgIpc) is 2.97. The van der Waals surface area contributed by atoms with Crippen LogP contribution in [-0.2, 0) is 6.18 Å². The molecule has 0 amide bonds. The summed E-state index contributed by atoms with van der Waals surface area (Å²) in [6, 6.07) is 4.55. The summed E-state index contributed by atoms with van der Waals surface area (Å²) >= 11 is 7.21. The summed E-state index contributed by atoms with van der Waals surface area (Å²) in [5.74, 6) is -0.499. The van der Waals surface area contributed by atoms with E-state index in [0.717, 1.165) is 4.40 Å². The Morgan fingerprint density at radius 1 is 1.21 bits per heavy atom. The maximum absolute atomic E-state index is 13.3. The molecule has 0 saturated heterocycles. The fourth-order valence-electron chi connectivity index (χ4n) is 2.24. The molecule has 2 heterocycles. The van der Waals surface area contributed by atoms with E-state index in [2.05, 4.69) is 15.2 Å². The van der Waals surface area contributed by atoms with Gasteiger partial charge >= 0.3 is 6.18 Å². The van der Waals surface area contributed by atoms with Crippen LogP contribution in [0.5, 0.6) is 0 Å². The number of alkyl halides is 3. The highest BCUT2D eigenvalue weighted by molar-refractivity contribution is 7.99. The summed E-state index contributed by atoms with van der Waals surface area (Å²) in [5.41, 5.74) is 0.627. The van der Waals surface area contributed by atoms with Gasteiger partial charge in [-0.15, -0.1) is 22.0 Å². The molecule has 0 saturated carbocycles. The summed E-state index contributed by atoms with van der Waals surface area (Å²) in [6.45, 7) is 0.0722. The molecule has 1 aromatic carbocycles. The van der Waals surface area contributed by atoms with Crippen molar-refractivity contribution in [2.75, 3.05) is 12.4 Å². The summed E-state index contributed by atoms with van der Waals surface area (Å²) in [5, 5.41) is 16.5. The van der Waals surface area contributed by atoms with Gasteiger partial charge in [-0.2, -0.15) is 13.2 Å². The largest absolute Gasteiger partial charge is 0.452 e. The molecule has 0 aliphatic rings. The molecular weight excluding hydrogens is 365 g/mol. The minimum atomic E-state index is -4.64. The second kappa shape index (κ2) is 6.73. The third kappa shape index (κ3) is 3.28. The molecule has 0 fully saturated rings. The van der Waals surface area contributed by atoms with Gasteiger partial charge in [0.2, 0.25) is 5.82 Å². The second-order valence-corrected chi connectivity index (χ2v) is 6.53. The van der Waals surface area contributed by atoms with Crippen molar-refractivity contribution in [1.29, 1.82) is 0 Å². The van der Waals surface area contributed by atoms with Crippen LogP contribution in [0.15, 0.2) is 23.2 Å². The predicted molar refractivity (Wildman–Crippen MR) is 85.3 cm³/mol. The van der Waals surface area contributed by atoms with Crippen molar-refractivity contribution in [3.63, 3.8) is 0 Å². The van der Waals surface area contributed by atoms with Gasteiger partial charge in [0.1, 0.15) is 5.03 Å². The number of unbranched alkanes of at least 4 members (excludes halogenated alkanes) is 1. The van der Waals surface area contributed by atoms with Gasteiger partial charge in [0.15, 0.2) is 5.65 Å². The van der Waals surface area contributed by atoms with Crippen molar-refractivity contribution in [3.05, 3.63) is 29.0 Å². The normalized spacial score (nSPS) is 12.4. The summed E-state index contributed by atoms with van der Waals surface area (Å²) < 4.78 is 40.7. The Hall–Kier alpha value is -1.58. The van der Waals surface area contributed by atoms with Crippen molar-refractivity contribution in [1.82, 2.24) is 19.6 Å². The average molecular weight is 377 g/mol. The molecule has 0 spiro atoms. The minimum Gasteiger partial charge on any atom is -0.396 e. The lowest BCUT2D eigenvalue weighted by atomic mass is 10.3. The fraction of sp³-hybridized carbons (Fsp3) is 0.357. The molecule has 0 bridgehead atoms. The zero-order valence-electron chi connectivity index (χ0n) is 12.2. The minimum absolute atomic E-state index is 0.0473. The highest BCUT2D eigenvalue weighted by Crippen LogP contribution is 2.33. The van der Waals surface area contributed by atoms with Crippen LogP contribution in [0.1, 0.15) is 18.7 Å². The van der Waals surface area contributed by atoms with Crippen LogP contribution in [-0.4, -0.2) is 37.0 Å². The SMILES string of the molecule is OCCCCSc1nc2ccc(Cl)cc2n2c(C(F)(F)F)nnc12. The second-order valence-electron chi connectivity index (χ2n) is 5.01. The Labute approximate surface area is 143 Å². The first-order valence-corrected chi connectivity index (χ1v) is 8.43. The molecule has 0 aliphatic carbocycles. The molecule has 10 heteroatoms. The topological polar surface area (TPSA) is 63.3 Å². The van der Waals surface area contributed by atoms with E-state index in [1.54, 1.807) is 12.1 Å². The first-order valence-electron chi connectivity index (χ1n) is 7.07. The number of hydrogen-bond acceptors (Lipinski definition) is 5. The molecule has 0 radical (unpaired) electrons. The van der Waals surface area contributed by atoms with E-state index in [0.29, 0.717) is 34.2 Å². The van der Waals surface area contributed by atoms with Crippen LogP contribution in [0, 0.1) is 0 Å². The van der Waals surface area contributed by atoms with Gasteiger partial charge in [-0.3, -0.25) is 4.40 Å². The van der Waals surface area contributed by atoms with Crippen molar-refractivity contribution in [2.24, 2.45) is 0 Å². The maximum Gasteiger partial charge on any atom is 0.452 e. The predicted octanol–water partition coefficient (Wildman–Crippen LogP) is 3.81. The van der Waals surface area contributed by atoms with Crippen LogP contribution in [0.2, 0.25) is 5.02 Å². The van der Waals surface area contributed by atoms with Gasteiger partial charge < -0.3 is 5.11 Å². The lowest BCUT2D eigenvalue weighted by molar-refractivity contribution is -0.145. The Bertz CT molecular complexity index is 884. The van der Waals surface area contributed by atoms with Crippen LogP contribution >= 0.6 is 23.4 Å². The third-order valence-electron chi connectivity index (χ3n) is 3.30. The molecule has 3 aromatic rings. The number of hydrogen-bond donors (Lipinski definition) is 1. The Morgan fingerprint density at radius 3 is 2.71 bits per heavy atom. The molecule has 0 atom stereocenters. The number of aliphatic hydroxyl groups is 1. The van der Waals surface area contributed by atoms with Crippen LogP contribution < -0.4 is 0 Å². The van der Waals surface area contributed by atoms with Crippen molar-refractivity contribution in [3.8, 4) is 0 Å². The molecule has 24 heavy (non-hydrogen) atoms. The van der Waals surface area contributed by atoms with E-state index >= 15 is 0 Å². The van der Waals surface area contributed by atoms with Crippen LogP contribution in [0.4, 0.5) is 13.2 Å². The number of aliphatic hydroxyl groups excluding tert-OH is 1. The highest BCUT2D eigenvalue weighted by atomic mass is 35.5. The van der Waals surface area contributed by atoms with E-state index in [1.807, 2.05) is 0 Å². The summed E-state index contributed by atoms with van der Waals surface area (Å²) in [7, 11) is 0. The van der Waals surface area contributed by atoms with Gasteiger partial charge in [0.25, 0.3) is 0 Å². The standard InChI is InChI=1S/C14H12ClF3N4OS/c15-8-3-4-9-10(7-8)22-11(20-21-13(22)14(16,17)18)12(19-9)24-6-2-1-5-23/h3-4,7,23H,1-2,5-6H2. The smallest absolute Gasteiger partial charge is 0.396 e. The number of aromatic nitrogens is 4. The van der Waals surface area contributed by atoms with Gasteiger partial charge in [-0.05, 0) is 36.8 Å². The third-order valence-corrected chi connectivity index (χ3v) is 4.57. The van der Waals surface area contributed by atoms with Gasteiger partial charge in [-0.1, -0.05) is 11.6 Å². The van der Waals surface area contributed by atoms with E-state index in [-0.39, 0.29) is 17.8 Å². The molecule has 128 valence electrons. The van der Waals surface area contributed by atoms with E-state index in [9.17, 15) is 13.2 Å². The zero-order valence-corrected chi connectivity index (χ0v) is 13.8. The highest BCUT2D eigenvalue weighted by Gasteiger charge is 2.38.